The monoisotopic (exact) mass is 480 g/mol. The summed E-state index contributed by atoms with van der Waals surface area (Å²) in [5, 5.41) is 3.35. The van der Waals surface area contributed by atoms with Crippen molar-refractivity contribution in [2.75, 3.05) is 5.32 Å². The molecule has 1 amide bonds. The third kappa shape index (κ3) is 4.97. The zero-order valence-electron chi connectivity index (χ0n) is 18.7. The summed E-state index contributed by atoms with van der Waals surface area (Å²) in [5.74, 6) is 0.00959. The number of benzene rings is 1. The van der Waals surface area contributed by atoms with E-state index in [9.17, 15) is 14.4 Å². The first-order valence-corrected chi connectivity index (χ1v) is 12.1. The molecule has 2 unspecified atom stereocenters. The van der Waals surface area contributed by atoms with Gasteiger partial charge in [0.2, 0.25) is 5.91 Å². The topological polar surface area (TPSA) is 120 Å². The first-order chi connectivity index (χ1) is 16.4. The lowest BCUT2D eigenvalue weighted by Gasteiger charge is -2.21. The zero-order chi connectivity index (χ0) is 23.7. The number of esters is 1. The molecular weight excluding hydrogens is 456 g/mol. The number of hydrogen-bond acceptors (Lipinski definition) is 9. The van der Waals surface area contributed by atoms with Crippen LogP contribution in [0.1, 0.15) is 44.9 Å². The van der Waals surface area contributed by atoms with Gasteiger partial charge in [0, 0.05) is 37.7 Å². The van der Waals surface area contributed by atoms with Gasteiger partial charge in [0.15, 0.2) is 11.0 Å². The number of rotatable bonds is 7. The van der Waals surface area contributed by atoms with Crippen LogP contribution in [-0.4, -0.2) is 44.8 Å². The normalized spacial score (nSPS) is 20.3. The van der Waals surface area contributed by atoms with Gasteiger partial charge in [-0.3, -0.25) is 14.4 Å². The summed E-state index contributed by atoms with van der Waals surface area (Å²) in [6.07, 6.45) is 6.44. The average molecular weight is 481 g/mol. The fourth-order valence-electron chi connectivity index (χ4n) is 4.23. The molecule has 0 aliphatic heterocycles. The van der Waals surface area contributed by atoms with Crippen molar-refractivity contribution in [1.29, 1.82) is 0 Å². The minimum Gasteiger partial charge on any atom is -0.460 e. The summed E-state index contributed by atoms with van der Waals surface area (Å²) in [6, 6.07) is 5.83. The highest BCUT2D eigenvalue weighted by Gasteiger charge is 2.33. The Kier molecular flexibility index (Phi) is 6.34. The van der Waals surface area contributed by atoms with Gasteiger partial charge in [0.1, 0.15) is 18.5 Å². The highest BCUT2D eigenvalue weighted by molar-refractivity contribution is 7.22. The molecule has 9 nitrogen and oxygen atoms in total. The van der Waals surface area contributed by atoms with Crippen LogP contribution < -0.4 is 5.32 Å². The van der Waals surface area contributed by atoms with E-state index in [2.05, 4.69) is 20.3 Å². The van der Waals surface area contributed by atoms with Crippen molar-refractivity contribution in [3.05, 3.63) is 36.4 Å². The van der Waals surface area contributed by atoms with E-state index >= 15 is 0 Å². The molecule has 2 aromatic heterocycles. The Hall–Kier alpha value is -3.24. The maximum atomic E-state index is 12.2. The molecule has 2 fully saturated rings. The number of nitrogens with zero attached hydrogens (tertiary/aromatic N) is 3. The summed E-state index contributed by atoms with van der Waals surface area (Å²) in [4.78, 5) is 47.9. The molecule has 2 saturated carbocycles. The molecule has 2 heterocycles. The van der Waals surface area contributed by atoms with Crippen LogP contribution in [0, 0.1) is 5.92 Å². The summed E-state index contributed by atoms with van der Waals surface area (Å²) in [5.41, 5.74) is 2.59. The number of amides is 1. The van der Waals surface area contributed by atoms with Crippen molar-refractivity contribution in [2.24, 2.45) is 5.92 Å². The molecular formula is C24H24N4O5S. The number of ether oxygens (including phenoxy) is 2. The van der Waals surface area contributed by atoms with Crippen molar-refractivity contribution in [2.45, 2.75) is 57.8 Å². The number of nitrogens with one attached hydrogen (secondary N) is 1. The molecule has 2 aliphatic carbocycles. The summed E-state index contributed by atoms with van der Waals surface area (Å²) < 4.78 is 12.2. The van der Waals surface area contributed by atoms with Gasteiger partial charge in [0.25, 0.3) is 0 Å². The smallest absolute Gasteiger partial charge is 0.302 e. The van der Waals surface area contributed by atoms with Crippen LogP contribution in [0.2, 0.25) is 0 Å². The van der Waals surface area contributed by atoms with E-state index in [0.717, 1.165) is 40.6 Å². The number of thiazole rings is 1. The van der Waals surface area contributed by atoms with E-state index in [-0.39, 0.29) is 42.4 Å². The van der Waals surface area contributed by atoms with E-state index in [0.29, 0.717) is 23.8 Å². The van der Waals surface area contributed by atoms with Crippen LogP contribution in [-0.2, 0) is 30.5 Å². The van der Waals surface area contributed by atoms with Gasteiger partial charge in [-0.2, -0.15) is 0 Å². The molecule has 176 valence electrons. The SMILES string of the molecule is CC(=O)OC1CCCC1OCc1ncc(-c2ccc3nc(NC(=O)C4CC(=O)C4)sc3c2)cn1. The molecule has 34 heavy (non-hydrogen) atoms. The fraction of sp³-hybridized carbons (Fsp3) is 0.417. The lowest BCUT2D eigenvalue weighted by atomic mass is 9.83. The lowest BCUT2D eigenvalue weighted by Crippen LogP contribution is -2.34. The van der Waals surface area contributed by atoms with Gasteiger partial charge in [-0.15, -0.1) is 0 Å². The van der Waals surface area contributed by atoms with Crippen LogP contribution in [0.4, 0.5) is 5.13 Å². The molecule has 0 spiro atoms. The van der Waals surface area contributed by atoms with E-state index in [1.165, 1.54) is 18.3 Å². The van der Waals surface area contributed by atoms with Gasteiger partial charge < -0.3 is 14.8 Å². The average Bonchev–Trinajstić information content (AvgIpc) is 3.40. The van der Waals surface area contributed by atoms with Crippen LogP contribution in [0.25, 0.3) is 21.3 Å². The number of carbonyl (C=O) groups is 3. The molecule has 0 radical (unpaired) electrons. The number of fused-ring (bicyclic) bond motifs is 1. The van der Waals surface area contributed by atoms with E-state index in [1.807, 2.05) is 18.2 Å². The van der Waals surface area contributed by atoms with Crippen molar-refractivity contribution < 1.29 is 23.9 Å². The minimum absolute atomic E-state index is 0.124. The second-order valence-corrected chi connectivity index (χ2v) is 9.68. The number of hydrogen-bond donors (Lipinski definition) is 1. The highest BCUT2D eigenvalue weighted by atomic mass is 32.1. The number of carbonyl (C=O) groups excluding carboxylic acids is 3. The second-order valence-electron chi connectivity index (χ2n) is 8.65. The maximum Gasteiger partial charge on any atom is 0.302 e. The van der Waals surface area contributed by atoms with Gasteiger partial charge in [-0.05, 0) is 37.0 Å². The predicted molar refractivity (Wildman–Crippen MR) is 125 cm³/mol. The van der Waals surface area contributed by atoms with Crippen molar-refractivity contribution in [3.8, 4) is 11.1 Å². The third-order valence-electron chi connectivity index (χ3n) is 6.11. The Morgan fingerprint density at radius 3 is 2.62 bits per heavy atom. The summed E-state index contributed by atoms with van der Waals surface area (Å²) >= 11 is 1.39. The first-order valence-electron chi connectivity index (χ1n) is 11.3. The first kappa shape index (κ1) is 22.5. The molecule has 0 bridgehead atoms. The lowest BCUT2D eigenvalue weighted by molar-refractivity contribution is -0.153. The van der Waals surface area contributed by atoms with Crippen molar-refractivity contribution >= 4 is 44.3 Å². The van der Waals surface area contributed by atoms with Gasteiger partial charge >= 0.3 is 5.97 Å². The summed E-state index contributed by atoms with van der Waals surface area (Å²) in [7, 11) is 0. The molecule has 5 rings (SSSR count). The Labute approximate surface area is 199 Å². The molecule has 1 aromatic carbocycles. The standard InChI is InChI=1S/C24H24N4O5S/c1-13(29)33-20-4-2-3-19(20)32-12-22-25-10-16(11-26-22)14-5-6-18-21(9-14)34-24(27-18)28-23(31)15-7-17(30)8-15/h5-6,9-11,15,19-20H,2-4,7-8,12H2,1H3,(H,27,28,31). The Morgan fingerprint density at radius 2 is 1.88 bits per heavy atom. The summed E-state index contributed by atoms with van der Waals surface area (Å²) in [6.45, 7) is 1.67. The van der Waals surface area contributed by atoms with Crippen molar-refractivity contribution in [3.63, 3.8) is 0 Å². The van der Waals surface area contributed by atoms with Crippen LogP contribution in [0.15, 0.2) is 30.6 Å². The van der Waals surface area contributed by atoms with E-state index in [1.54, 1.807) is 12.4 Å². The third-order valence-corrected chi connectivity index (χ3v) is 7.05. The van der Waals surface area contributed by atoms with Crippen LogP contribution in [0.3, 0.4) is 0 Å². The Morgan fingerprint density at radius 1 is 1.12 bits per heavy atom. The molecule has 2 atom stereocenters. The zero-order valence-corrected chi connectivity index (χ0v) is 19.5. The van der Waals surface area contributed by atoms with Crippen LogP contribution in [0.5, 0.6) is 0 Å². The number of anilines is 1. The van der Waals surface area contributed by atoms with Crippen molar-refractivity contribution in [1.82, 2.24) is 15.0 Å². The van der Waals surface area contributed by atoms with Gasteiger partial charge in [-0.25, -0.2) is 15.0 Å². The van der Waals surface area contributed by atoms with E-state index < -0.39 is 0 Å². The number of Topliss-reactive ketones (excluding diaryl/α,β-unsaturated/α-hetero) is 1. The Bertz CT molecular complexity index is 1230. The second kappa shape index (κ2) is 9.55. The molecule has 0 saturated heterocycles. The van der Waals surface area contributed by atoms with Gasteiger partial charge in [0.05, 0.1) is 22.2 Å². The van der Waals surface area contributed by atoms with Gasteiger partial charge in [-0.1, -0.05) is 17.4 Å². The molecule has 10 heteroatoms. The predicted octanol–water partition coefficient (Wildman–Crippen LogP) is 3.67. The Balaban J connectivity index is 1.21. The molecule has 2 aliphatic rings. The maximum absolute atomic E-state index is 12.2. The van der Waals surface area contributed by atoms with E-state index in [4.69, 9.17) is 9.47 Å². The highest BCUT2D eigenvalue weighted by Crippen LogP contribution is 2.32. The number of aromatic nitrogens is 3. The van der Waals surface area contributed by atoms with Crippen LogP contribution >= 0.6 is 11.3 Å². The quantitative estimate of drug-likeness (QED) is 0.509. The fourth-order valence-corrected chi connectivity index (χ4v) is 5.14. The minimum atomic E-state index is -0.289. The number of ketones is 1. The molecule has 1 N–H and O–H groups in total. The molecule has 3 aromatic rings. The largest absolute Gasteiger partial charge is 0.460 e.